The first-order chi connectivity index (χ1) is 8.35. The van der Waals surface area contributed by atoms with Gasteiger partial charge >= 0.3 is 0 Å². The van der Waals surface area contributed by atoms with E-state index in [-0.39, 0.29) is 11.2 Å². The maximum Gasteiger partial charge on any atom is 0.124 e. The van der Waals surface area contributed by atoms with Crippen molar-refractivity contribution in [2.24, 2.45) is 5.41 Å². The number of thiophene rings is 1. The highest BCUT2D eigenvalue weighted by Crippen LogP contribution is 2.34. The van der Waals surface area contributed by atoms with Crippen LogP contribution in [0.5, 0.6) is 0 Å². The zero-order valence-electron chi connectivity index (χ0n) is 11.0. The fourth-order valence-electron chi connectivity index (χ4n) is 1.90. The molecule has 0 spiro atoms. The fourth-order valence-corrected chi connectivity index (χ4v) is 3.01. The summed E-state index contributed by atoms with van der Waals surface area (Å²) in [6, 6.07) is 6.72. The highest BCUT2D eigenvalue weighted by Gasteiger charge is 2.16. The van der Waals surface area contributed by atoms with Crippen molar-refractivity contribution in [2.45, 2.75) is 39.7 Å². The smallest absolute Gasteiger partial charge is 0.124 e. The molecular formula is C15H19FOS. The van der Waals surface area contributed by atoms with E-state index in [0.717, 1.165) is 27.8 Å². The highest BCUT2D eigenvalue weighted by molar-refractivity contribution is 7.19. The predicted molar refractivity (Wildman–Crippen MR) is 75.4 cm³/mol. The Balaban J connectivity index is 2.15. The molecule has 98 valence electrons. The Morgan fingerprint density at radius 2 is 2.00 bits per heavy atom. The average Bonchev–Trinajstić information content (AvgIpc) is 2.67. The molecule has 18 heavy (non-hydrogen) atoms. The SMILES string of the molecule is CC(C)(C)CCC(O)c1cc2ccc(F)cc2s1. The predicted octanol–water partition coefficient (Wildman–Crippen LogP) is 4.90. The van der Waals surface area contributed by atoms with Gasteiger partial charge in [-0.25, -0.2) is 4.39 Å². The molecule has 1 atom stereocenters. The number of fused-ring (bicyclic) bond motifs is 1. The monoisotopic (exact) mass is 266 g/mol. The van der Waals surface area contributed by atoms with Gasteiger partial charge in [0.2, 0.25) is 0 Å². The first-order valence-corrected chi connectivity index (χ1v) is 7.04. The molecule has 0 saturated heterocycles. The number of aliphatic hydroxyl groups excluding tert-OH is 1. The lowest BCUT2D eigenvalue weighted by atomic mass is 9.89. The van der Waals surface area contributed by atoms with Crippen LogP contribution in [0.3, 0.4) is 0 Å². The molecule has 1 nitrogen and oxygen atoms in total. The van der Waals surface area contributed by atoms with Gasteiger partial charge in [0.05, 0.1) is 6.10 Å². The maximum atomic E-state index is 13.1. The van der Waals surface area contributed by atoms with Gasteiger partial charge in [-0.05, 0) is 41.8 Å². The molecule has 2 rings (SSSR count). The molecule has 0 amide bonds. The van der Waals surface area contributed by atoms with Crippen LogP contribution >= 0.6 is 11.3 Å². The van der Waals surface area contributed by atoms with Crippen molar-refractivity contribution in [1.82, 2.24) is 0 Å². The van der Waals surface area contributed by atoms with Gasteiger partial charge in [0.1, 0.15) is 5.82 Å². The molecule has 0 saturated carbocycles. The van der Waals surface area contributed by atoms with Crippen LogP contribution in [0.1, 0.15) is 44.6 Å². The van der Waals surface area contributed by atoms with Crippen LogP contribution in [0, 0.1) is 11.2 Å². The Hall–Kier alpha value is -0.930. The topological polar surface area (TPSA) is 20.2 Å². The van der Waals surface area contributed by atoms with Crippen LogP contribution in [0.2, 0.25) is 0 Å². The van der Waals surface area contributed by atoms with E-state index in [9.17, 15) is 9.50 Å². The third kappa shape index (κ3) is 3.30. The third-order valence-electron chi connectivity index (χ3n) is 3.00. The number of hydrogen-bond acceptors (Lipinski definition) is 2. The Bertz CT molecular complexity index is 539. The molecule has 1 aromatic carbocycles. The molecule has 0 aliphatic heterocycles. The quantitative estimate of drug-likeness (QED) is 0.837. The summed E-state index contributed by atoms with van der Waals surface area (Å²) in [5.41, 5.74) is 0.226. The number of aliphatic hydroxyl groups is 1. The van der Waals surface area contributed by atoms with Crippen LogP contribution < -0.4 is 0 Å². The molecule has 1 heterocycles. The lowest BCUT2D eigenvalue weighted by molar-refractivity contribution is 0.151. The van der Waals surface area contributed by atoms with Crippen molar-refractivity contribution in [3.8, 4) is 0 Å². The van der Waals surface area contributed by atoms with Gasteiger partial charge in [-0.3, -0.25) is 0 Å². The molecule has 0 bridgehead atoms. The summed E-state index contributed by atoms with van der Waals surface area (Å²) in [4.78, 5) is 0.930. The Morgan fingerprint density at radius 1 is 1.28 bits per heavy atom. The van der Waals surface area contributed by atoms with Crippen molar-refractivity contribution < 1.29 is 9.50 Å². The molecule has 0 radical (unpaired) electrons. The molecule has 0 aliphatic rings. The van der Waals surface area contributed by atoms with Crippen LogP contribution in [0.4, 0.5) is 4.39 Å². The summed E-state index contributed by atoms with van der Waals surface area (Å²) >= 11 is 1.48. The summed E-state index contributed by atoms with van der Waals surface area (Å²) in [5, 5.41) is 11.2. The van der Waals surface area contributed by atoms with Gasteiger partial charge in [-0.15, -0.1) is 11.3 Å². The molecule has 2 aromatic rings. The Morgan fingerprint density at radius 3 is 2.67 bits per heavy atom. The second kappa shape index (κ2) is 4.98. The molecule has 0 aliphatic carbocycles. The minimum absolute atomic E-state index is 0.222. The molecule has 1 unspecified atom stereocenters. The molecular weight excluding hydrogens is 247 g/mol. The van der Waals surface area contributed by atoms with Crippen molar-refractivity contribution in [1.29, 1.82) is 0 Å². The van der Waals surface area contributed by atoms with E-state index in [1.165, 1.54) is 23.5 Å². The van der Waals surface area contributed by atoms with E-state index in [2.05, 4.69) is 20.8 Å². The second-order valence-corrected chi connectivity index (χ2v) is 7.06. The van der Waals surface area contributed by atoms with E-state index in [4.69, 9.17) is 0 Å². The van der Waals surface area contributed by atoms with Gasteiger partial charge in [-0.1, -0.05) is 26.8 Å². The second-order valence-electron chi connectivity index (χ2n) is 5.95. The summed E-state index contributed by atoms with van der Waals surface area (Å²) < 4.78 is 14.0. The van der Waals surface area contributed by atoms with Gasteiger partial charge in [0.25, 0.3) is 0 Å². The van der Waals surface area contributed by atoms with Gasteiger partial charge < -0.3 is 5.11 Å². The van der Waals surface area contributed by atoms with Crippen molar-refractivity contribution in [3.63, 3.8) is 0 Å². The van der Waals surface area contributed by atoms with Gasteiger partial charge in [0, 0.05) is 9.58 Å². The summed E-state index contributed by atoms with van der Waals surface area (Å²) in [6.45, 7) is 6.50. The third-order valence-corrected chi connectivity index (χ3v) is 4.20. The molecule has 0 fully saturated rings. The number of halogens is 1. The van der Waals surface area contributed by atoms with Crippen molar-refractivity contribution in [3.05, 3.63) is 35.0 Å². The molecule has 1 aromatic heterocycles. The minimum atomic E-state index is -0.440. The average molecular weight is 266 g/mol. The maximum absolute atomic E-state index is 13.1. The van der Waals surface area contributed by atoms with E-state index in [1.54, 1.807) is 6.07 Å². The first-order valence-electron chi connectivity index (χ1n) is 6.22. The zero-order chi connectivity index (χ0) is 13.3. The number of benzene rings is 1. The van der Waals surface area contributed by atoms with E-state index in [1.807, 2.05) is 6.07 Å². The summed E-state index contributed by atoms with van der Waals surface area (Å²) in [7, 11) is 0. The van der Waals surface area contributed by atoms with E-state index in [0.29, 0.717) is 0 Å². The van der Waals surface area contributed by atoms with Gasteiger partial charge in [-0.2, -0.15) is 0 Å². The van der Waals surface area contributed by atoms with Crippen LogP contribution in [0.25, 0.3) is 10.1 Å². The number of rotatable bonds is 3. The van der Waals surface area contributed by atoms with Crippen LogP contribution in [-0.4, -0.2) is 5.11 Å². The first kappa shape index (κ1) is 13.5. The largest absolute Gasteiger partial charge is 0.388 e. The zero-order valence-corrected chi connectivity index (χ0v) is 11.9. The van der Waals surface area contributed by atoms with Crippen LogP contribution in [0.15, 0.2) is 24.3 Å². The highest BCUT2D eigenvalue weighted by atomic mass is 32.1. The van der Waals surface area contributed by atoms with Crippen molar-refractivity contribution >= 4 is 21.4 Å². The fraction of sp³-hybridized carbons (Fsp3) is 0.467. The van der Waals surface area contributed by atoms with Crippen LogP contribution in [-0.2, 0) is 0 Å². The number of hydrogen-bond donors (Lipinski definition) is 1. The van der Waals surface area contributed by atoms with E-state index >= 15 is 0 Å². The standard InChI is InChI=1S/C15H19FOS/c1-15(2,3)7-6-12(17)14-8-10-4-5-11(16)9-13(10)18-14/h4-5,8-9,12,17H,6-7H2,1-3H3. The minimum Gasteiger partial charge on any atom is -0.388 e. The molecule has 3 heteroatoms. The van der Waals surface area contributed by atoms with Crippen molar-refractivity contribution in [2.75, 3.05) is 0 Å². The Labute approximate surface area is 111 Å². The van der Waals surface area contributed by atoms with E-state index < -0.39 is 6.10 Å². The van der Waals surface area contributed by atoms with Gasteiger partial charge in [0.15, 0.2) is 0 Å². The lowest BCUT2D eigenvalue weighted by Crippen LogP contribution is -2.07. The summed E-state index contributed by atoms with van der Waals surface area (Å²) in [6.07, 6.45) is 1.28. The Kier molecular flexibility index (Phi) is 3.74. The normalized spacial score (nSPS) is 14.1. The lowest BCUT2D eigenvalue weighted by Gasteiger charge is -2.19. The summed E-state index contributed by atoms with van der Waals surface area (Å²) in [5.74, 6) is -0.222. The molecule has 1 N–H and O–H groups in total.